The smallest absolute Gasteiger partial charge is 0.305 e. The Labute approximate surface area is 102 Å². The number of carbonyl (C=O) groups is 1. The molecule has 0 bridgehead atoms. The predicted octanol–water partition coefficient (Wildman–Crippen LogP) is 2.73. The molecule has 4 heteroatoms. The second-order valence-electron chi connectivity index (χ2n) is 4.40. The number of aliphatic carboxylic acids is 1. The lowest BCUT2D eigenvalue weighted by atomic mass is 10.1. The molecule has 0 saturated carbocycles. The summed E-state index contributed by atoms with van der Waals surface area (Å²) in [5, 5.41) is 8.93. The average molecular weight is 246 g/mol. The molecule has 0 aliphatic heterocycles. The first kappa shape index (κ1) is 15.6. The maximum absolute atomic E-state index is 10.8. The lowest BCUT2D eigenvalue weighted by Gasteiger charge is -2.09. The molecule has 16 heavy (non-hydrogen) atoms. The van der Waals surface area contributed by atoms with Crippen LogP contribution in [0, 0.1) is 0 Å². The highest BCUT2D eigenvalue weighted by Crippen LogP contribution is 2.16. The number of hydrogen-bond acceptors (Lipinski definition) is 2. The van der Waals surface area contributed by atoms with Crippen LogP contribution in [-0.2, 0) is 9.22 Å². The van der Waals surface area contributed by atoms with Gasteiger partial charge in [0.05, 0.1) is 5.54 Å². The van der Waals surface area contributed by atoms with Crippen LogP contribution < -0.4 is 0 Å². The highest BCUT2D eigenvalue weighted by Gasteiger charge is 2.16. The maximum Gasteiger partial charge on any atom is 0.305 e. The van der Waals surface area contributed by atoms with Gasteiger partial charge in [0.15, 0.2) is 9.76 Å². The van der Waals surface area contributed by atoms with E-state index in [1.807, 2.05) is 0 Å². The summed E-state index contributed by atoms with van der Waals surface area (Å²) >= 11 is 0. The van der Waals surface area contributed by atoms with E-state index in [4.69, 9.17) is 9.53 Å². The van der Waals surface area contributed by atoms with Crippen LogP contribution in [0.1, 0.15) is 58.3 Å². The number of carboxylic acids is 1. The number of unbranched alkanes of at least 4 members (excludes halogenated alkanes) is 6. The molecule has 0 aromatic carbocycles. The summed E-state index contributed by atoms with van der Waals surface area (Å²) < 4.78 is 5.03. The minimum Gasteiger partial charge on any atom is -0.481 e. The summed E-state index contributed by atoms with van der Waals surface area (Å²) in [6.07, 6.45) is 9.50. The monoisotopic (exact) mass is 246 g/mol. The van der Waals surface area contributed by atoms with Crippen LogP contribution in [-0.4, -0.2) is 27.9 Å². The first-order valence-electron chi connectivity index (χ1n) is 6.44. The molecular weight excluding hydrogens is 220 g/mol. The molecule has 0 radical (unpaired) electrons. The van der Waals surface area contributed by atoms with Crippen LogP contribution in [0.2, 0.25) is 5.54 Å². The Balaban J connectivity index is 3.37. The number of rotatable bonds is 11. The molecule has 0 amide bonds. The summed E-state index contributed by atoms with van der Waals surface area (Å²) in [5.41, 5.74) is -0.180. The average Bonchev–Trinajstić information content (AvgIpc) is 2.26. The third-order valence-electron chi connectivity index (χ3n) is 2.87. The van der Waals surface area contributed by atoms with E-state index in [9.17, 15) is 4.79 Å². The molecule has 0 fully saturated rings. The number of carboxylic acid groups (broad SMARTS) is 1. The van der Waals surface area contributed by atoms with Gasteiger partial charge in [-0.25, -0.2) is 0 Å². The zero-order valence-electron chi connectivity index (χ0n) is 10.7. The Hall–Kier alpha value is -0.353. The van der Waals surface area contributed by atoms with Gasteiger partial charge in [-0.1, -0.05) is 51.9 Å². The van der Waals surface area contributed by atoms with Gasteiger partial charge >= 0.3 is 5.97 Å². The summed E-state index contributed by atoms with van der Waals surface area (Å²) in [6.45, 7) is 2.22. The van der Waals surface area contributed by atoms with Gasteiger partial charge in [-0.05, 0) is 6.42 Å². The lowest BCUT2D eigenvalue weighted by molar-refractivity contribution is -0.137. The van der Waals surface area contributed by atoms with Crippen LogP contribution in [0.5, 0.6) is 0 Å². The van der Waals surface area contributed by atoms with E-state index >= 15 is 0 Å². The van der Waals surface area contributed by atoms with Crippen molar-refractivity contribution in [1.82, 2.24) is 0 Å². The fourth-order valence-electron chi connectivity index (χ4n) is 1.83. The Kier molecular flexibility index (Phi) is 10.9. The van der Waals surface area contributed by atoms with Crippen LogP contribution in [0.3, 0.4) is 0 Å². The van der Waals surface area contributed by atoms with E-state index in [1.54, 1.807) is 7.11 Å². The molecule has 0 saturated heterocycles. The van der Waals surface area contributed by atoms with Crippen LogP contribution in [0.25, 0.3) is 0 Å². The Morgan fingerprint density at radius 1 is 1.19 bits per heavy atom. The van der Waals surface area contributed by atoms with Crippen LogP contribution in [0.4, 0.5) is 0 Å². The molecule has 96 valence electrons. The van der Waals surface area contributed by atoms with Crippen LogP contribution >= 0.6 is 0 Å². The van der Waals surface area contributed by atoms with Gasteiger partial charge in [0, 0.05) is 7.11 Å². The summed E-state index contributed by atoms with van der Waals surface area (Å²) in [7, 11) is 0.759. The Morgan fingerprint density at radius 2 is 1.75 bits per heavy atom. The van der Waals surface area contributed by atoms with Crippen LogP contribution in [0.15, 0.2) is 0 Å². The standard InChI is InChI=1S/C12H26O3Si/c1-3-4-5-6-7-8-9-10-11(12(13)14)16-15-2/h11H,3-10,16H2,1-2H3,(H,13,14). The van der Waals surface area contributed by atoms with Crippen molar-refractivity contribution in [2.75, 3.05) is 7.11 Å². The van der Waals surface area contributed by atoms with Gasteiger partial charge in [0.25, 0.3) is 0 Å². The second-order valence-corrected chi connectivity index (χ2v) is 6.30. The van der Waals surface area contributed by atoms with E-state index in [1.165, 1.54) is 38.5 Å². The van der Waals surface area contributed by atoms with Crippen molar-refractivity contribution in [2.24, 2.45) is 0 Å². The van der Waals surface area contributed by atoms with Crippen molar-refractivity contribution in [3.8, 4) is 0 Å². The quantitative estimate of drug-likeness (QED) is 0.450. The van der Waals surface area contributed by atoms with Gasteiger partial charge < -0.3 is 9.53 Å². The fraction of sp³-hybridized carbons (Fsp3) is 0.917. The second kappa shape index (κ2) is 11.1. The van der Waals surface area contributed by atoms with Gasteiger partial charge in [0.1, 0.15) is 0 Å². The van der Waals surface area contributed by atoms with Crippen molar-refractivity contribution >= 4 is 15.7 Å². The Morgan fingerprint density at radius 3 is 2.25 bits per heavy atom. The van der Waals surface area contributed by atoms with Gasteiger partial charge in [0.2, 0.25) is 0 Å². The molecule has 1 atom stereocenters. The molecular formula is C12H26O3Si. The topological polar surface area (TPSA) is 46.5 Å². The molecule has 3 nitrogen and oxygen atoms in total. The third kappa shape index (κ3) is 8.92. The van der Waals surface area contributed by atoms with Crippen molar-refractivity contribution in [1.29, 1.82) is 0 Å². The van der Waals surface area contributed by atoms with E-state index < -0.39 is 15.7 Å². The van der Waals surface area contributed by atoms with E-state index in [2.05, 4.69) is 6.92 Å². The number of hydrogen-bond donors (Lipinski definition) is 1. The molecule has 1 N–H and O–H groups in total. The maximum atomic E-state index is 10.8. The summed E-state index contributed by atoms with van der Waals surface area (Å²) in [4.78, 5) is 10.8. The lowest BCUT2D eigenvalue weighted by Crippen LogP contribution is -2.16. The summed E-state index contributed by atoms with van der Waals surface area (Å²) in [5.74, 6) is -0.667. The summed E-state index contributed by atoms with van der Waals surface area (Å²) in [6, 6.07) is 0. The highest BCUT2D eigenvalue weighted by molar-refractivity contribution is 6.36. The third-order valence-corrected chi connectivity index (χ3v) is 4.37. The molecule has 0 aromatic heterocycles. The van der Waals surface area contributed by atoms with E-state index in [0.717, 1.165) is 12.8 Å². The van der Waals surface area contributed by atoms with Gasteiger partial charge in [-0.3, -0.25) is 4.79 Å². The van der Waals surface area contributed by atoms with Gasteiger partial charge in [-0.15, -0.1) is 0 Å². The highest BCUT2D eigenvalue weighted by atomic mass is 28.2. The molecule has 0 aliphatic rings. The zero-order chi connectivity index (χ0) is 12.2. The molecule has 0 aliphatic carbocycles. The first-order chi connectivity index (χ1) is 7.72. The van der Waals surface area contributed by atoms with Crippen molar-refractivity contribution in [3.63, 3.8) is 0 Å². The minimum absolute atomic E-state index is 0.180. The molecule has 0 heterocycles. The molecule has 0 aromatic rings. The van der Waals surface area contributed by atoms with Crippen molar-refractivity contribution in [3.05, 3.63) is 0 Å². The van der Waals surface area contributed by atoms with Gasteiger partial charge in [-0.2, -0.15) is 0 Å². The fourth-order valence-corrected chi connectivity index (χ4v) is 2.83. The normalized spacial score (nSPS) is 13.4. The van der Waals surface area contributed by atoms with Crippen molar-refractivity contribution in [2.45, 2.75) is 63.8 Å². The molecule has 0 spiro atoms. The first-order valence-corrected chi connectivity index (χ1v) is 7.83. The predicted molar refractivity (Wildman–Crippen MR) is 69.5 cm³/mol. The SMILES string of the molecule is CCCCCCCCCC([SiH2]OC)C(=O)O. The molecule has 1 unspecified atom stereocenters. The minimum atomic E-state index is -0.859. The van der Waals surface area contributed by atoms with Crippen molar-refractivity contribution < 1.29 is 14.3 Å². The van der Waals surface area contributed by atoms with E-state index in [0.29, 0.717) is 0 Å². The Bertz CT molecular complexity index is 174. The molecule has 0 rings (SSSR count). The largest absolute Gasteiger partial charge is 0.481 e. The zero-order valence-corrected chi connectivity index (χ0v) is 12.1. The van der Waals surface area contributed by atoms with E-state index in [-0.39, 0.29) is 5.54 Å².